The molecule has 0 radical (unpaired) electrons. The largest absolute Gasteiger partial charge is 0.466 e. The lowest BCUT2D eigenvalue weighted by molar-refractivity contribution is -0.149. The van der Waals surface area contributed by atoms with Gasteiger partial charge in [-0.15, -0.1) is 0 Å². The number of piperidine rings is 1. The van der Waals surface area contributed by atoms with Crippen molar-refractivity contribution in [1.29, 1.82) is 5.26 Å². The molecule has 0 bridgehead atoms. The van der Waals surface area contributed by atoms with Gasteiger partial charge in [0.15, 0.2) is 0 Å². The van der Waals surface area contributed by atoms with Gasteiger partial charge in [-0.1, -0.05) is 0 Å². The quantitative estimate of drug-likeness (QED) is 0.753. The first kappa shape index (κ1) is 18.4. The number of hydrogen-bond acceptors (Lipinski definition) is 5. The Morgan fingerprint density at radius 1 is 1.50 bits per heavy atom. The van der Waals surface area contributed by atoms with Gasteiger partial charge in [-0.3, -0.25) is 4.79 Å². The predicted octanol–water partition coefficient (Wildman–Crippen LogP) is 1.80. The molecule has 1 aliphatic rings. The Kier molecular flexibility index (Phi) is 5.91. The van der Waals surface area contributed by atoms with Crippen molar-refractivity contribution in [2.45, 2.75) is 25.5 Å². The highest BCUT2D eigenvalue weighted by atomic mass is 32.2. The van der Waals surface area contributed by atoms with Crippen LogP contribution in [0.2, 0.25) is 0 Å². The number of nitriles is 1. The van der Waals surface area contributed by atoms with E-state index in [2.05, 4.69) is 0 Å². The number of sulfonamides is 1. The molecule has 0 amide bonds. The molecule has 130 valence electrons. The van der Waals surface area contributed by atoms with E-state index >= 15 is 0 Å². The molecule has 1 atom stereocenters. The van der Waals surface area contributed by atoms with Gasteiger partial charge in [-0.2, -0.15) is 5.26 Å². The Hall–Kier alpha value is -1.98. The zero-order valence-electron chi connectivity index (χ0n) is 13.4. The van der Waals surface area contributed by atoms with Gasteiger partial charge in [0, 0.05) is 18.7 Å². The molecule has 2 rings (SSSR count). The summed E-state index contributed by atoms with van der Waals surface area (Å²) in [6, 6.07) is 5.47. The van der Waals surface area contributed by atoms with Gasteiger partial charge in [0.25, 0.3) is 0 Å². The van der Waals surface area contributed by atoms with Crippen LogP contribution in [0.3, 0.4) is 0 Å². The van der Waals surface area contributed by atoms with Crippen molar-refractivity contribution in [1.82, 2.24) is 4.31 Å². The molecule has 24 heavy (non-hydrogen) atoms. The number of nitrogens with zero attached hydrogens (tertiary/aromatic N) is 2. The molecule has 1 aromatic carbocycles. The number of hydrogen-bond donors (Lipinski definition) is 0. The van der Waals surface area contributed by atoms with Gasteiger partial charge >= 0.3 is 5.97 Å². The molecule has 6 nitrogen and oxygen atoms in total. The van der Waals surface area contributed by atoms with E-state index in [9.17, 15) is 17.6 Å². The van der Waals surface area contributed by atoms with Crippen molar-refractivity contribution in [3.05, 3.63) is 35.1 Å². The van der Waals surface area contributed by atoms with E-state index in [1.54, 1.807) is 6.92 Å². The zero-order valence-corrected chi connectivity index (χ0v) is 14.2. The van der Waals surface area contributed by atoms with E-state index in [0.717, 1.165) is 6.07 Å². The van der Waals surface area contributed by atoms with E-state index < -0.39 is 33.5 Å². The van der Waals surface area contributed by atoms with Crippen molar-refractivity contribution in [3.8, 4) is 6.07 Å². The summed E-state index contributed by atoms with van der Waals surface area (Å²) in [6.07, 6.45) is 1.12. The maximum atomic E-state index is 13.8. The SMILES string of the molecule is CCOC(=O)[C@@H]1CCCN(S(=O)(=O)Cc2cc(C#N)ccc2F)C1. The number of carbonyl (C=O) groups excluding carboxylic acids is 1. The maximum absolute atomic E-state index is 13.8. The van der Waals surface area contributed by atoms with E-state index in [-0.39, 0.29) is 30.8 Å². The monoisotopic (exact) mass is 354 g/mol. The second kappa shape index (κ2) is 7.73. The van der Waals surface area contributed by atoms with Crippen molar-refractivity contribution < 1.29 is 22.3 Å². The van der Waals surface area contributed by atoms with Crippen LogP contribution in [0.5, 0.6) is 0 Å². The molecule has 0 N–H and O–H groups in total. The summed E-state index contributed by atoms with van der Waals surface area (Å²) in [7, 11) is -3.79. The van der Waals surface area contributed by atoms with Crippen LogP contribution in [0.4, 0.5) is 4.39 Å². The molecule has 1 saturated heterocycles. The summed E-state index contributed by atoms with van der Waals surface area (Å²) in [5.41, 5.74) is 0.150. The van der Waals surface area contributed by atoms with E-state index in [1.807, 2.05) is 6.07 Å². The highest BCUT2D eigenvalue weighted by Crippen LogP contribution is 2.23. The maximum Gasteiger partial charge on any atom is 0.310 e. The van der Waals surface area contributed by atoms with Crippen molar-refractivity contribution in [2.24, 2.45) is 5.92 Å². The molecular weight excluding hydrogens is 335 g/mol. The number of carbonyl (C=O) groups is 1. The topological polar surface area (TPSA) is 87.5 Å². The molecule has 1 heterocycles. The molecule has 1 fully saturated rings. The van der Waals surface area contributed by atoms with Gasteiger partial charge in [0.05, 0.1) is 29.9 Å². The summed E-state index contributed by atoms with van der Waals surface area (Å²) < 4.78 is 45.1. The Labute approximate surface area is 140 Å². The van der Waals surface area contributed by atoms with Crippen LogP contribution in [-0.4, -0.2) is 38.4 Å². The second-order valence-electron chi connectivity index (χ2n) is 5.62. The highest BCUT2D eigenvalue weighted by Gasteiger charge is 2.33. The first-order valence-electron chi connectivity index (χ1n) is 7.70. The smallest absolute Gasteiger partial charge is 0.310 e. The molecule has 8 heteroatoms. The lowest BCUT2D eigenvalue weighted by Crippen LogP contribution is -2.43. The van der Waals surface area contributed by atoms with E-state index in [1.165, 1.54) is 16.4 Å². The van der Waals surface area contributed by atoms with Crippen LogP contribution in [0, 0.1) is 23.1 Å². The number of benzene rings is 1. The minimum absolute atomic E-state index is 0.0424. The second-order valence-corrected chi connectivity index (χ2v) is 7.59. The third kappa shape index (κ3) is 4.30. The van der Waals surface area contributed by atoms with Crippen molar-refractivity contribution >= 4 is 16.0 Å². The Morgan fingerprint density at radius 2 is 2.25 bits per heavy atom. The summed E-state index contributed by atoms with van der Waals surface area (Å²) in [6.45, 7) is 2.27. The lowest BCUT2D eigenvalue weighted by atomic mass is 10.0. The Balaban J connectivity index is 2.15. The summed E-state index contributed by atoms with van der Waals surface area (Å²) >= 11 is 0. The molecule has 0 saturated carbocycles. The summed E-state index contributed by atoms with van der Waals surface area (Å²) in [5, 5.41) is 8.86. The highest BCUT2D eigenvalue weighted by molar-refractivity contribution is 7.88. The van der Waals surface area contributed by atoms with Crippen molar-refractivity contribution in [3.63, 3.8) is 0 Å². The number of ether oxygens (including phenoxy) is 1. The van der Waals surface area contributed by atoms with Crippen LogP contribution >= 0.6 is 0 Å². The fourth-order valence-electron chi connectivity index (χ4n) is 2.69. The average Bonchev–Trinajstić information content (AvgIpc) is 2.57. The van der Waals surface area contributed by atoms with Gasteiger partial charge in [-0.05, 0) is 38.0 Å². The minimum atomic E-state index is -3.79. The lowest BCUT2D eigenvalue weighted by Gasteiger charge is -2.30. The van der Waals surface area contributed by atoms with Crippen LogP contribution < -0.4 is 0 Å². The van der Waals surface area contributed by atoms with Gasteiger partial charge in [-0.25, -0.2) is 17.1 Å². The molecule has 1 aliphatic heterocycles. The fourth-order valence-corrected chi connectivity index (χ4v) is 4.30. The molecular formula is C16H19FN2O4S. The molecule has 0 unspecified atom stereocenters. The van der Waals surface area contributed by atoms with E-state index in [0.29, 0.717) is 12.8 Å². The molecule has 0 spiro atoms. The number of halogens is 1. The van der Waals surface area contributed by atoms with Crippen LogP contribution in [0.25, 0.3) is 0 Å². The third-order valence-corrected chi connectivity index (χ3v) is 5.70. The van der Waals surface area contributed by atoms with Crippen LogP contribution in [0.1, 0.15) is 30.9 Å². The zero-order chi connectivity index (χ0) is 17.7. The summed E-state index contributed by atoms with van der Waals surface area (Å²) in [4.78, 5) is 11.8. The third-order valence-electron chi connectivity index (χ3n) is 3.91. The molecule has 1 aromatic rings. The van der Waals surface area contributed by atoms with Crippen LogP contribution in [0.15, 0.2) is 18.2 Å². The number of rotatable bonds is 5. The van der Waals surface area contributed by atoms with Gasteiger partial charge < -0.3 is 4.74 Å². The van der Waals surface area contributed by atoms with Gasteiger partial charge in [0.1, 0.15) is 5.82 Å². The first-order valence-corrected chi connectivity index (χ1v) is 9.31. The van der Waals surface area contributed by atoms with Crippen LogP contribution in [-0.2, 0) is 25.3 Å². The fraction of sp³-hybridized carbons (Fsp3) is 0.500. The Morgan fingerprint density at radius 3 is 2.92 bits per heavy atom. The number of esters is 1. The van der Waals surface area contributed by atoms with E-state index in [4.69, 9.17) is 10.00 Å². The predicted molar refractivity (Wildman–Crippen MR) is 84.7 cm³/mol. The average molecular weight is 354 g/mol. The normalized spacial score (nSPS) is 18.8. The Bertz CT molecular complexity index is 758. The van der Waals surface area contributed by atoms with Gasteiger partial charge in [0.2, 0.25) is 10.0 Å². The standard InChI is InChI=1S/C16H19FN2O4S/c1-2-23-16(20)13-4-3-7-19(10-13)24(21,22)11-14-8-12(9-18)5-6-15(14)17/h5-6,8,13H,2-4,7,10-11H2,1H3/t13-/m1/s1. The van der Waals surface area contributed by atoms with Crippen molar-refractivity contribution in [2.75, 3.05) is 19.7 Å². The summed E-state index contributed by atoms with van der Waals surface area (Å²) in [5.74, 6) is -2.11. The molecule has 0 aromatic heterocycles. The molecule has 0 aliphatic carbocycles. The minimum Gasteiger partial charge on any atom is -0.466 e. The first-order chi connectivity index (χ1) is 11.4.